The normalized spacial score (nSPS) is 14.2. The van der Waals surface area contributed by atoms with Crippen LogP contribution in [-0.4, -0.2) is 30.8 Å². The third kappa shape index (κ3) is 4.12. The van der Waals surface area contributed by atoms with Gasteiger partial charge in [-0.15, -0.1) is 5.10 Å². The van der Waals surface area contributed by atoms with E-state index < -0.39 is 27.0 Å². The summed E-state index contributed by atoms with van der Waals surface area (Å²) < 4.78 is 28.2. The number of nitrogens with zero attached hydrogens (tertiary/aromatic N) is 2. The van der Waals surface area contributed by atoms with Crippen LogP contribution < -0.4 is 5.32 Å². The Morgan fingerprint density at radius 2 is 2.00 bits per heavy atom. The van der Waals surface area contributed by atoms with Gasteiger partial charge < -0.3 is 9.73 Å². The first-order chi connectivity index (χ1) is 11.2. The molecule has 0 radical (unpaired) electrons. The molecule has 0 spiro atoms. The van der Waals surface area contributed by atoms with Gasteiger partial charge in [-0.05, 0) is 18.1 Å². The molecule has 1 amide bonds. The average Bonchev–Trinajstić information content (AvgIpc) is 3.02. The first-order valence-corrected chi connectivity index (χ1v) is 9.59. The largest absolute Gasteiger partial charge is 0.410 e. The summed E-state index contributed by atoms with van der Waals surface area (Å²) in [5, 5.41) is 9.96. The molecule has 0 saturated carbocycles. The zero-order valence-corrected chi connectivity index (χ0v) is 15.1. The quantitative estimate of drug-likeness (QED) is 0.837. The molecule has 0 aliphatic carbocycles. The number of halogens is 1. The van der Waals surface area contributed by atoms with Gasteiger partial charge in [0.25, 0.3) is 5.91 Å². The molecule has 130 valence electrons. The van der Waals surface area contributed by atoms with Crippen LogP contribution in [0.25, 0.3) is 0 Å². The lowest BCUT2D eigenvalue weighted by Gasteiger charge is -2.21. The number of carbonyl (C=O) groups excluding carboxylic acids is 1. The van der Waals surface area contributed by atoms with Crippen molar-refractivity contribution < 1.29 is 17.6 Å². The van der Waals surface area contributed by atoms with Crippen molar-refractivity contribution in [3.8, 4) is 0 Å². The van der Waals surface area contributed by atoms with E-state index in [1.807, 2.05) is 13.8 Å². The Morgan fingerprint density at radius 3 is 2.54 bits per heavy atom. The van der Waals surface area contributed by atoms with E-state index in [0.29, 0.717) is 17.0 Å². The zero-order chi connectivity index (χ0) is 17.9. The van der Waals surface area contributed by atoms with E-state index in [1.54, 1.807) is 24.3 Å². The molecule has 7 nitrogen and oxygen atoms in total. The van der Waals surface area contributed by atoms with Crippen LogP contribution in [0.3, 0.4) is 0 Å². The topological polar surface area (TPSA) is 102 Å². The fraction of sp³-hybridized carbons (Fsp3) is 0.400. The van der Waals surface area contributed by atoms with Gasteiger partial charge in [0, 0.05) is 6.26 Å². The lowest BCUT2D eigenvalue weighted by atomic mass is 9.98. The number of benzene rings is 1. The first kappa shape index (κ1) is 18.4. The van der Waals surface area contributed by atoms with Crippen LogP contribution in [0.4, 0.5) is 0 Å². The molecule has 1 aromatic heterocycles. The van der Waals surface area contributed by atoms with Gasteiger partial charge in [0.2, 0.25) is 15.7 Å². The second-order valence-electron chi connectivity index (χ2n) is 5.49. The smallest absolute Gasteiger partial charge is 0.335 e. The van der Waals surface area contributed by atoms with Crippen LogP contribution >= 0.6 is 11.6 Å². The number of nitrogens with one attached hydrogen (secondary N) is 1. The molecule has 0 fully saturated rings. The van der Waals surface area contributed by atoms with Crippen molar-refractivity contribution >= 4 is 27.3 Å². The van der Waals surface area contributed by atoms with Crippen LogP contribution in [0.5, 0.6) is 0 Å². The molecule has 2 aromatic rings. The summed E-state index contributed by atoms with van der Waals surface area (Å²) in [6, 6.07) is 6.01. The number of sulfone groups is 1. The number of amides is 1. The number of hydrogen-bond donors (Lipinski definition) is 1. The molecule has 0 bridgehead atoms. The van der Waals surface area contributed by atoms with Gasteiger partial charge in [0.15, 0.2) is 0 Å². The summed E-state index contributed by atoms with van der Waals surface area (Å²) in [7, 11) is -3.61. The van der Waals surface area contributed by atoms with E-state index in [0.717, 1.165) is 6.26 Å². The van der Waals surface area contributed by atoms with Crippen molar-refractivity contribution in [2.45, 2.75) is 31.5 Å². The van der Waals surface area contributed by atoms with Gasteiger partial charge in [0.1, 0.15) is 6.04 Å². The lowest BCUT2D eigenvalue weighted by Crippen LogP contribution is -2.33. The summed E-state index contributed by atoms with van der Waals surface area (Å²) >= 11 is 6.03. The van der Waals surface area contributed by atoms with E-state index in [4.69, 9.17) is 16.0 Å². The molecule has 1 heterocycles. The Balaban J connectivity index is 2.31. The summed E-state index contributed by atoms with van der Waals surface area (Å²) in [5.41, 5.74) is 0.315. The summed E-state index contributed by atoms with van der Waals surface area (Å²) in [6.07, 6.45) is 1.69. The monoisotopic (exact) mass is 371 g/mol. The maximum absolute atomic E-state index is 12.5. The van der Waals surface area contributed by atoms with Crippen LogP contribution in [0.15, 0.2) is 33.9 Å². The van der Waals surface area contributed by atoms with Crippen LogP contribution in [0, 0.1) is 5.92 Å². The second kappa shape index (κ2) is 7.31. The highest BCUT2D eigenvalue weighted by Crippen LogP contribution is 2.26. The van der Waals surface area contributed by atoms with Crippen molar-refractivity contribution in [2.24, 2.45) is 5.92 Å². The van der Waals surface area contributed by atoms with Crippen molar-refractivity contribution in [3.05, 3.63) is 40.7 Å². The highest BCUT2D eigenvalue weighted by Gasteiger charge is 2.28. The molecule has 9 heteroatoms. The van der Waals surface area contributed by atoms with Gasteiger partial charge in [-0.3, -0.25) is 4.79 Å². The molecule has 1 N–H and O–H groups in total. The minimum atomic E-state index is -3.61. The van der Waals surface area contributed by atoms with Gasteiger partial charge in [-0.25, -0.2) is 8.42 Å². The first-order valence-electron chi connectivity index (χ1n) is 7.33. The number of aromatic nitrogens is 2. The lowest BCUT2D eigenvalue weighted by molar-refractivity contribution is 0.0911. The molecule has 2 rings (SSSR count). The fourth-order valence-corrected chi connectivity index (χ4v) is 2.69. The molecular weight excluding hydrogens is 354 g/mol. The maximum Gasteiger partial charge on any atom is 0.335 e. The molecule has 24 heavy (non-hydrogen) atoms. The van der Waals surface area contributed by atoms with E-state index in [9.17, 15) is 13.2 Å². The van der Waals surface area contributed by atoms with Crippen molar-refractivity contribution in [1.29, 1.82) is 0 Å². The molecule has 1 aromatic carbocycles. The average molecular weight is 372 g/mol. The highest BCUT2D eigenvalue weighted by molar-refractivity contribution is 7.90. The molecular formula is C15H18ClN3O4S. The molecule has 0 unspecified atom stereocenters. The van der Waals surface area contributed by atoms with Crippen LogP contribution in [0.1, 0.15) is 42.6 Å². The number of rotatable bonds is 6. The van der Waals surface area contributed by atoms with E-state index >= 15 is 0 Å². The molecule has 2 atom stereocenters. The second-order valence-corrected chi connectivity index (χ2v) is 7.80. The summed E-state index contributed by atoms with van der Waals surface area (Å²) in [6.45, 7) is 3.83. The number of carbonyl (C=O) groups is 1. The van der Waals surface area contributed by atoms with Crippen molar-refractivity contribution in [2.75, 3.05) is 6.26 Å². The Morgan fingerprint density at radius 1 is 1.33 bits per heavy atom. The SMILES string of the molecule is CC[C@@H](C)[C@H](NC(=O)c1ccccc1Cl)c1nnc(S(C)(=O)=O)o1. The minimum absolute atomic E-state index is 0.0465. The van der Waals surface area contributed by atoms with Gasteiger partial charge in [-0.1, -0.05) is 49.1 Å². The minimum Gasteiger partial charge on any atom is -0.410 e. The Kier molecular flexibility index (Phi) is 5.61. The standard InChI is InChI=1S/C15H18ClN3O4S/c1-4-9(2)12(14-18-19-15(23-14)24(3,21)22)17-13(20)10-7-5-6-8-11(10)16/h5-9,12H,4H2,1-3H3,(H,17,20)/t9-,12+/m1/s1. The Hall–Kier alpha value is -1.93. The van der Waals surface area contributed by atoms with Crippen LogP contribution in [0.2, 0.25) is 5.02 Å². The Labute approximate surface area is 145 Å². The molecule has 0 saturated heterocycles. The molecule has 0 aliphatic rings. The van der Waals surface area contributed by atoms with Gasteiger partial charge in [-0.2, -0.15) is 0 Å². The Bertz CT molecular complexity index is 835. The van der Waals surface area contributed by atoms with Crippen LogP contribution in [-0.2, 0) is 9.84 Å². The maximum atomic E-state index is 12.5. The van der Waals surface area contributed by atoms with Crippen molar-refractivity contribution in [3.63, 3.8) is 0 Å². The fourth-order valence-electron chi connectivity index (χ4n) is 2.04. The van der Waals surface area contributed by atoms with Crippen molar-refractivity contribution in [1.82, 2.24) is 15.5 Å². The zero-order valence-electron chi connectivity index (χ0n) is 13.5. The third-order valence-electron chi connectivity index (χ3n) is 3.62. The van der Waals surface area contributed by atoms with E-state index in [2.05, 4.69) is 15.5 Å². The summed E-state index contributed by atoms with van der Waals surface area (Å²) in [5.74, 6) is -0.403. The number of hydrogen-bond acceptors (Lipinski definition) is 6. The van der Waals surface area contributed by atoms with Gasteiger partial charge in [0.05, 0.1) is 10.6 Å². The van der Waals surface area contributed by atoms with E-state index in [-0.39, 0.29) is 11.8 Å². The predicted octanol–water partition coefficient (Wildman–Crippen LogP) is 2.64. The third-order valence-corrected chi connectivity index (χ3v) is 4.75. The van der Waals surface area contributed by atoms with E-state index in [1.165, 1.54) is 0 Å². The molecule has 0 aliphatic heterocycles. The summed E-state index contributed by atoms with van der Waals surface area (Å²) in [4.78, 5) is 12.5. The highest BCUT2D eigenvalue weighted by atomic mass is 35.5. The predicted molar refractivity (Wildman–Crippen MR) is 88.5 cm³/mol. The van der Waals surface area contributed by atoms with Gasteiger partial charge >= 0.3 is 5.22 Å².